The number of hydrogen-bond donors (Lipinski definition) is 0. The predicted molar refractivity (Wildman–Crippen MR) is 552 cm³/mol. The molecule has 0 radical (unpaired) electrons. The topological polar surface area (TPSA) is 19.4 Å². The number of hydrogen-bond acceptors (Lipinski definition) is 9. The molecular weight excluding hydrogens is 1920 g/mol. The molecule has 0 aromatic heterocycles. The summed E-state index contributed by atoms with van der Waals surface area (Å²) in [6, 6.07) is 42.0. The van der Waals surface area contributed by atoms with E-state index in [2.05, 4.69) is 0 Å². The van der Waals surface area contributed by atoms with Crippen LogP contribution in [0.1, 0.15) is 23.3 Å². The van der Waals surface area contributed by atoms with E-state index in [1.165, 1.54) is 106 Å². The largest absolute Gasteiger partial charge is 0.312 e. The highest BCUT2D eigenvalue weighted by Gasteiger charge is 2.58. The zero-order valence-corrected chi connectivity index (χ0v) is 75.7. The molecule has 0 fully saturated rings. The van der Waals surface area contributed by atoms with Gasteiger partial charge in [0.05, 0.1) is 29.0 Å². The van der Waals surface area contributed by atoms with Crippen molar-refractivity contribution in [2.24, 2.45) is 0 Å². The molecule has 0 unspecified atom stereocenters. The minimum absolute atomic E-state index is 0.0250. The van der Waals surface area contributed by atoms with Gasteiger partial charge >= 0.3 is 0 Å². The van der Waals surface area contributed by atoms with Gasteiger partial charge < -0.3 is 29.4 Å². The average molecular weight is 1990 g/mol. The van der Waals surface area contributed by atoms with Crippen LogP contribution in [0, 0.1) is 93.1 Å². The molecule has 0 atom stereocenters. The Balaban J connectivity index is 0.000000113. The quantitative estimate of drug-likeness (QED) is 0.0737. The van der Waals surface area contributed by atoms with Gasteiger partial charge in [-0.25, -0.2) is 70.2 Å². The summed E-state index contributed by atoms with van der Waals surface area (Å²) in [6.07, 6.45) is 0. The fraction of sp³-hybridized carbons (Fsp3) is 0. The molecule has 6 nitrogen and oxygen atoms in total. The maximum Gasteiger partial charge on any atom is 0.252 e. The van der Waals surface area contributed by atoms with E-state index in [1.807, 2.05) is 64.4 Å². The number of rotatable bonds is 4. The van der Waals surface area contributed by atoms with Crippen molar-refractivity contribution in [3.63, 3.8) is 0 Å². The van der Waals surface area contributed by atoms with Gasteiger partial charge in [0, 0.05) is 127 Å². The molecule has 12 aliphatic rings. The second-order valence-electron chi connectivity index (χ2n) is 36.1. The molecule has 0 aliphatic carbocycles. The molecule has 0 N–H and O–H groups in total. The monoisotopic (exact) mass is 1990 g/mol. The van der Waals surface area contributed by atoms with Gasteiger partial charge in [-0.3, -0.25) is 0 Å². The number of benzene rings is 19. The minimum atomic E-state index is -2.32. The molecule has 0 amide bonds. The van der Waals surface area contributed by atoms with Crippen molar-refractivity contribution in [3.8, 4) is 11.1 Å². The third-order valence-electron chi connectivity index (χ3n) is 29.0. The first kappa shape index (κ1) is 70.1. The summed E-state index contributed by atoms with van der Waals surface area (Å²) in [5.74, 6) is -19.9. The lowest BCUT2D eigenvalue weighted by Gasteiger charge is -2.50. The summed E-state index contributed by atoms with van der Waals surface area (Å²) in [5, 5.41) is 0. The van der Waals surface area contributed by atoms with Gasteiger partial charge in [-0.15, -0.1) is 0 Å². The normalized spacial score (nSPS) is 15.9. The zero-order valence-electron chi connectivity index (χ0n) is 90.3. The van der Waals surface area contributed by atoms with Crippen LogP contribution >= 0.6 is 35.3 Å². The van der Waals surface area contributed by atoms with E-state index in [4.69, 9.17) is 12.3 Å². The molecule has 0 saturated carbocycles. The smallest absolute Gasteiger partial charge is 0.252 e. The van der Waals surface area contributed by atoms with Crippen molar-refractivity contribution in [3.05, 3.63) is 420 Å². The number of halogens is 16. The first-order chi connectivity index (χ1) is 77.7. The van der Waals surface area contributed by atoms with Crippen LogP contribution in [0.2, 0.25) is 0 Å². The van der Waals surface area contributed by atoms with E-state index in [0.29, 0.717) is 100.0 Å². The lowest BCUT2D eigenvalue weighted by molar-refractivity contribution is 0.380. The fourth-order valence-corrected chi connectivity index (χ4v) is 27.4. The van der Waals surface area contributed by atoms with Gasteiger partial charge in [-0.1, -0.05) is 197 Å². The molecule has 19 aromatic carbocycles. The molecule has 688 valence electrons. The van der Waals surface area contributed by atoms with Gasteiger partial charge in [-0.2, -0.15) is 0 Å². The molecule has 19 aromatic rings. The standard InChI is InChI=1S/C42H24B2F2N2S.C36H14B2F8N2S.C36H16B2F6N2S/c45-30-19-12-20-31(46)39(30)48-34-23-10-6-17-28(34)43-26-15-4-8-21-32(26)47-33-22-9-5-16-27(33)44-29-18-7-11-24-35(29)49-42-36(25-13-2-1-3-14-25)40(48)37(43)41(47)38(42)44;39-15-5-8-22-19(11-15)37-18-3-1-2-4-26(18)49-27-14-25-28-35(29(27)37)47(22)23-9-6-16(40)12-20(23)38(28)21-13-17(41)7-10-24(21)48(25)36-33(45)31(43)30(42)32(44)34(36)46;39-17-5-8-27-22(11-17)37-21-3-1-2-4-31(21)47-32-16-30-33-36(34(32)37)45(27)28-9-6-18(40)12-23(28)38(33)24-13-19(41)7-10-29(24)46(30)35-25(43)14-20(42)15-26(35)44/h1-24H;1-14H;1-16H/i1D,2D,3D,4D,5D,6D,8D,9D,10D,13D,14D,15D,16D,17D,21D,22D,23D;;. The Labute approximate surface area is 855 Å². The number of fused-ring (bicyclic) bond motifs is 30. The Hall–Kier alpha value is -15.7. The van der Waals surface area contributed by atoms with Crippen molar-refractivity contribution in [2.45, 2.75) is 29.4 Å². The third-order valence-corrected chi connectivity index (χ3v) is 32.5. The fourth-order valence-electron chi connectivity index (χ4n) is 23.8. The second kappa shape index (κ2) is 31.4. The highest BCUT2D eigenvalue weighted by Crippen LogP contribution is 2.58. The Morgan fingerprint density at radius 1 is 0.193 bits per heavy atom. The van der Waals surface area contributed by atoms with Gasteiger partial charge in [0.25, 0.3) is 20.1 Å². The van der Waals surface area contributed by atoms with Crippen LogP contribution in [-0.2, 0) is 0 Å². The summed E-state index contributed by atoms with van der Waals surface area (Å²) in [5.41, 5.74) is 6.21. The number of anilines is 18. The number of nitrogens with zero attached hydrogens (tertiary/aromatic N) is 6. The van der Waals surface area contributed by atoms with E-state index >= 15 is 52.7 Å². The molecular formula is C114H54B6F16N6S3. The van der Waals surface area contributed by atoms with Crippen molar-refractivity contribution < 1.29 is 93.5 Å². The molecule has 0 saturated heterocycles. The second-order valence-corrected chi connectivity index (χ2v) is 39.3. The third kappa shape index (κ3) is 11.9. The predicted octanol–water partition coefficient (Wildman–Crippen LogP) is 19.1. The molecule has 12 heterocycles. The molecule has 12 aliphatic heterocycles. The van der Waals surface area contributed by atoms with Gasteiger partial charge in [0.2, 0.25) is 26.0 Å². The minimum Gasteiger partial charge on any atom is -0.312 e. The maximum atomic E-state index is 16.9. The summed E-state index contributed by atoms with van der Waals surface area (Å²) >= 11 is 3.86. The Kier molecular flexibility index (Phi) is 15.2. The zero-order chi connectivity index (χ0) is 113. The molecule has 0 spiro atoms. The van der Waals surface area contributed by atoms with Crippen molar-refractivity contribution >= 4 is 276 Å². The number of para-hydroxylation sites is 4. The molecule has 145 heavy (non-hydrogen) atoms. The van der Waals surface area contributed by atoms with Crippen LogP contribution in [0.4, 0.5) is 173 Å². The first-order valence-electron chi connectivity index (χ1n) is 53.7. The first-order valence-corrected chi connectivity index (χ1v) is 47.6. The van der Waals surface area contributed by atoms with Crippen LogP contribution in [0.3, 0.4) is 0 Å². The van der Waals surface area contributed by atoms with Crippen molar-refractivity contribution in [1.82, 2.24) is 0 Å². The van der Waals surface area contributed by atoms with Crippen LogP contribution in [0.5, 0.6) is 0 Å². The van der Waals surface area contributed by atoms with Crippen LogP contribution in [0.15, 0.2) is 357 Å². The van der Waals surface area contributed by atoms with Crippen LogP contribution < -0.4 is 128 Å². The summed E-state index contributed by atoms with van der Waals surface area (Å²) in [7, 11) is 0. The Morgan fingerprint density at radius 3 is 0.910 bits per heavy atom. The molecule has 31 rings (SSSR count). The SMILES string of the molecule is Fc1cc(F)c(N2c3ccc(F)cc3B3c4cc(F)ccc4N4c5ccc(F)cc5B5c6ccccc6Sc6cc2c3c4c65)c(F)c1.Fc1ccc2c(c1)B1c3cc(F)ccc3N3c4ccc(F)cc4B4c5ccccc5Sc5cc(c1c3c54)N2c1c(F)c(F)c(F)c(F)c1F.[2H]c1c([2H])c([2H])c(-c2c3c4c5c6c2N(c2c(F)cccc2F)c2c([2H])c([2H])c([2H])c([2H])c2B6c2c([2H])c([2H])c([2H])c([2H])c2N5c2c([2H])c([2H])c([2H])c([2H])c2B4c2ccccc2S3)c([2H])c1[2H]. The molecule has 31 heteroatoms. The van der Waals surface area contributed by atoms with Crippen LogP contribution in [0.25, 0.3) is 11.1 Å². The lowest BCUT2D eigenvalue weighted by Crippen LogP contribution is -2.68. The van der Waals surface area contributed by atoms with E-state index in [-0.39, 0.29) is 83.0 Å². The van der Waals surface area contributed by atoms with Crippen molar-refractivity contribution in [1.29, 1.82) is 0 Å². The van der Waals surface area contributed by atoms with Crippen molar-refractivity contribution in [2.75, 3.05) is 29.4 Å². The van der Waals surface area contributed by atoms with Gasteiger partial charge in [0.15, 0.2) is 34.9 Å². The highest BCUT2D eigenvalue weighted by atomic mass is 32.2. The highest BCUT2D eigenvalue weighted by molar-refractivity contribution is 8.00. The van der Waals surface area contributed by atoms with Gasteiger partial charge in [0.1, 0.15) is 69.4 Å². The maximum absolute atomic E-state index is 16.9. The average Bonchev–Trinajstić information content (AvgIpc) is 0.652. The van der Waals surface area contributed by atoms with Gasteiger partial charge in [-0.05, 0) is 257 Å². The van der Waals surface area contributed by atoms with E-state index in [1.54, 1.807) is 54.6 Å². The van der Waals surface area contributed by atoms with Crippen LogP contribution in [-0.4, -0.2) is 40.3 Å². The molecule has 0 bridgehead atoms. The van der Waals surface area contributed by atoms with E-state index < -0.39 is 264 Å². The van der Waals surface area contributed by atoms with E-state index in [9.17, 15) is 28.5 Å². The lowest BCUT2D eigenvalue weighted by atomic mass is 9.29. The summed E-state index contributed by atoms with van der Waals surface area (Å²) in [4.78, 5) is 11.9. The summed E-state index contributed by atoms with van der Waals surface area (Å²) < 4.78 is 402. The summed E-state index contributed by atoms with van der Waals surface area (Å²) in [6.45, 7) is -5.45. The Bertz CT molecular complexity index is 10200. The Morgan fingerprint density at radius 2 is 0.503 bits per heavy atom. The van der Waals surface area contributed by atoms with E-state index in [0.717, 1.165) is 93.9 Å².